The summed E-state index contributed by atoms with van der Waals surface area (Å²) in [6.07, 6.45) is 5.19. The Balaban J connectivity index is 1.79. The second-order valence-corrected chi connectivity index (χ2v) is 5.48. The molecule has 0 unspecified atom stereocenters. The van der Waals surface area contributed by atoms with Gasteiger partial charge in [-0.25, -0.2) is 0 Å². The first-order chi connectivity index (χ1) is 9.04. The molecule has 0 spiro atoms. The lowest BCUT2D eigenvalue weighted by molar-refractivity contribution is 0.0914. The van der Waals surface area contributed by atoms with Crippen LogP contribution in [-0.2, 0) is 7.05 Å². The second kappa shape index (κ2) is 6.21. The molecule has 1 aromatic heterocycles. The number of carbonyl (C=O) groups excluding carboxylic acids is 1. The fourth-order valence-corrected chi connectivity index (χ4v) is 2.45. The summed E-state index contributed by atoms with van der Waals surface area (Å²) < 4.78 is 1.63. The molecule has 1 aromatic rings. The topological polar surface area (TPSA) is 50.2 Å². The van der Waals surface area contributed by atoms with Crippen LogP contribution in [-0.4, -0.2) is 46.3 Å². The van der Waals surface area contributed by atoms with Crippen molar-refractivity contribution in [3.05, 3.63) is 29.6 Å². The lowest BCUT2D eigenvalue weighted by Gasteiger charge is -2.31. The van der Waals surface area contributed by atoms with Crippen molar-refractivity contribution in [3.63, 3.8) is 0 Å². The average Bonchev–Trinajstić information content (AvgIpc) is 2.78. The van der Waals surface area contributed by atoms with Crippen molar-refractivity contribution in [2.45, 2.75) is 18.9 Å². The minimum absolute atomic E-state index is 0.0479. The summed E-state index contributed by atoms with van der Waals surface area (Å²) in [6.45, 7) is 6.30. The highest BCUT2D eigenvalue weighted by Crippen LogP contribution is 2.13. The van der Waals surface area contributed by atoms with Crippen LogP contribution in [0.25, 0.3) is 0 Å². The summed E-state index contributed by atoms with van der Waals surface area (Å²) in [5.74, 6) is -0.0479. The number of hydrogen-bond donors (Lipinski definition) is 1. The van der Waals surface area contributed by atoms with Gasteiger partial charge in [0.1, 0.15) is 0 Å². The van der Waals surface area contributed by atoms with E-state index in [4.69, 9.17) is 11.6 Å². The molecule has 1 amide bonds. The third-order valence-electron chi connectivity index (χ3n) is 3.29. The quantitative estimate of drug-likeness (QED) is 0.907. The van der Waals surface area contributed by atoms with E-state index in [-0.39, 0.29) is 11.9 Å². The first-order valence-electron chi connectivity index (χ1n) is 6.40. The Bertz CT molecular complexity index is 463. The molecule has 2 heterocycles. The van der Waals surface area contributed by atoms with Crippen molar-refractivity contribution in [2.24, 2.45) is 7.05 Å². The van der Waals surface area contributed by atoms with Gasteiger partial charge in [0.2, 0.25) is 0 Å². The SMILES string of the molecule is C=C(Cl)CN1CCC(NC(=O)c2cnn(C)c2)CC1. The lowest BCUT2D eigenvalue weighted by Crippen LogP contribution is -2.44. The van der Waals surface area contributed by atoms with Gasteiger partial charge in [0.25, 0.3) is 5.91 Å². The van der Waals surface area contributed by atoms with E-state index in [0.717, 1.165) is 32.5 Å². The Hall–Kier alpha value is -1.33. The number of amides is 1. The molecule has 104 valence electrons. The van der Waals surface area contributed by atoms with Gasteiger partial charge in [-0.1, -0.05) is 18.2 Å². The number of aromatic nitrogens is 2. The number of carbonyl (C=O) groups is 1. The van der Waals surface area contributed by atoms with Crippen molar-refractivity contribution in [1.82, 2.24) is 20.0 Å². The minimum Gasteiger partial charge on any atom is -0.349 e. The van der Waals surface area contributed by atoms with Crippen LogP contribution in [0.4, 0.5) is 0 Å². The number of rotatable bonds is 4. The Kier molecular flexibility index (Phi) is 4.61. The van der Waals surface area contributed by atoms with E-state index in [1.54, 1.807) is 24.1 Å². The van der Waals surface area contributed by atoms with Crippen LogP contribution in [0.5, 0.6) is 0 Å². The fourth-order valence-electron chi connectivity index (χ4n) is 2.29. The third-order valence-corrected chi connectivity index (χ3v) is 3.40. The van der Waals surface area contributed by atoms with Crippen LogP contribution >= 0.6 is 11.6 Å². The summed E-state index contributed by atoms with van der Waals surface area (Å²) >= 11 is 5.80. The molecule has 5 nitrogen and oxygen atoms in total. The van der Waals surface area contributed by atoms with E-state index in [9.17, 15) is 4.79 Å². The number of nitrogens with zero attached hydrogens (tertiary/aromatic N) is 3. The molecule has 0 saturated carbocycles. The van der Waals surface area contributed by atoms with E-state index in [2.05, 4.69) is 21.9 Å². The molecule has 19 heavy (non-hydrogen) atoms. The van der Waals surface area contributed by atoms with E-state index in [0.29, 0.717) is 10.6 Å². The maximum atomic E-state index is 12.0. The maximum absolute atomic E-state index is 12.0. The largest absolute Gasteiger partial charge is 0.349 e. The van der Waals surface area contributed by atoms with Gasteiger partial charge in [-0.2, -0.15) is 5.10 Å². The van der Waals surface area contributed by atoms with Crippen molar-refractivity contribution >= 4 is 17.5 Å². The third kappa shape index (κ3) is 4.08. The van der Waals surface area contributed by atoms with Gasteiger partial charge < -0.3 is 5.32 Å². The van der Waals surface area contributed by atoms with Crippen molar-refractivity contribution in [1.29, 1.82) is 0 Å². The van der Waals surface area contributed by atoms with E-state index < -0.39 is 0 Å². The molecule has 1 fully saturated rings. The monoisotopic (exact) mass is 282 g/mol. The zero-order chi connectivity index (χ0) is 13.8. The van der Waals surface area contributed by atoms with Gasteiger partial charge in [0.05, 0.1) is 11.8 Å². The molecule has 2 rings (SSSR count). The number of aryl methyl sites for hydroxylation is 1. The van der Waals surface area contributed by atoms with Crippen LogP contribution in [0.15, 0.2) is 24.0 Å². The van der Waals surface area contributed by atoms with Crippen LogP contribution in [0.2, 0.25) is 0 Å². The number of piperidine rings is 1. The maximum Gasteiger partial charge on any atom is 0.254 e. The normalized spacial score (nSPS) is 17.4. The molecule has 6 heteroatoms. The molecule has 0 aromatic carbocycles. The van der Waals surface area contributed by atoms with Crippen LogP contribution in [0, 0.1) is 0 Å². The van der Waals surface area contributed by atoms with Crippen molar-refractivity contribution in [3.8, 4) is 0 Å². The highest BCUT2D eigenvalue weighted by molar-refractivity contribution is 6.29. The van der Waals surface area contributed by atoms with E-state index in [1.165, 1.54) is 0 Å². The molecule has 1 saturated heterocycles. The Labute approximate surface area is 118 Å². The zero-order valence-electron chi connectivity index (χ0n) is 11.1. The summed E-state index contributed by atoms with van der Waals surface area (Å²) in [4.78, 5) is 14.2. The molecular formula is C13H19ClN4O. The van der Waals surface area contributed by atoms with Crippen molar-refractivity contribution in [2.75, 3.05) is 19.6 Å². The van der Waals surface area contributed by atoms with Gasteiger partial charge in [-0.3, -0.25) is 14.4 Å². The molecule has 1 aliphatic rings. The Morgan fingerprint density at radius 1 is 1.58 bits per heavy atom. The number of hydrogen-bond acceptors (Lipinski definition) is 3. The summed E-state index contributed by atoms with van der Waals surface area (Å²) in [5.41, 5.74) is 0.610. The van der Waals surface area contributed by atoms with Gasteiger partial charge in [-0.15, -0.1) is 0 Å². The number of halogens is 1. The van der Waals surface area contributed by atoms with Gasteiger partial charge in [0.15, 0.2) is 0 Å². The lowest BCUT2D eigenvalue weighted by atomic mass is 10.0. The molecule has 0 radical (unpaired) electrons. The molecule has 0 aliphatic carbocycles. The van der Waals surface area contributed by atoms with Crippen LogP contribution in [0.3, 0.4) is 0 Å². The van der Waals surface area contributed by atoms with E-state index in [1.807, 2.05) is 0 Å². The van der Waals surface area contributed by atoms with Crippen molar-refractivity contribution < 1.29 is 4.79 Å². The molecule has 1 N–H and O–H groups in total. The second-order valence-electron chi connectivity index (χ2n) is 4.94. The summed E-state index contributed by atoms with van der Waals surface area (Å²) in [5, 5.41) is 7.71. The molecule has 1 aliphatic heterocycles. The first-order valence-corrected chi connectivity index (χ1v) is 6.77. The fraction of sp³-hybridized carbons (Fsp3) is 0.538. The average molecular weight is 283 g/mol. The molecular weight excluding hydrogens is 264 g/mol. The Morgan fingerprint density at radius 2 is 2.26 bits per heavy atom. The van der Waals surface area contributed by atoms with Gasteiger partial charge in [0, 0.05) is 44.0 Å². The minimum atomic E-state index is -0.0479. The van der Waals surface area contributed by atoms with Crippen LogP contribution < -0.4 is 5.32 Å². The number of likely N-dealkylation sites (tertiary alicyclic amines) is 1. The van der Waals surface area contributed by atoms with E-state index >= 15 is 0 Å². The number of nitrogens with one attached hydrogen (secondary N) is 1. The summed E-state index contributed by atoms with van der Waals surface area (Å²) in [7, 11) is 1.80. The standard InChI is InChI=1S/C13H19ClN4O/c1-10(14)8-18-5-3-12(4-6-18)16-13(19)11-7-15-17(2)9-11/h7,9,12H,1,3-6,8H2,2H3,(H,16,19). The Morgan fingerprint density at radius 3 is 2.79 bits per heavy atom. The predicted molar refractivity (Wildman–Crippen MR) is 75.1 cm³/mol. The van der Waals surface area contributed by atoms with Gasteiger partial charge >= 0.3 is 0 Å². The zero-order valence-corrected chi connectivity index (χ0v) is 11.9. The first kappa shape index (κ1) is 14.1. The molecule has 0 atom stereocenters. The van der Waals surface area contributed by atoms with Gasteiger partial charge in [-0.05, 0) is 12.8 Å². The predicted octanol–water partition coefficient (Wildman–Crippen LogP) is 1.37. The summed E-state index contributed by atoms with van der Waals surface area (Å²) in [6, 6.07) is 0.229. The molecule has 0 bridgehead atoms. The smallest absolute Gasteiger partial charge is 0.254 e. The van der Waals surface area contributed by atoms with Crippen LogP contribution in [0.1, 0.15) is 23.2 Å². The highest BCUT2D eigenvalue weighted by Gasteiger charge is 2.21. The highest BCUT2D eigenvalue weighted by atomic mass is 35.5.